The molecule has 37 heavy (non-hydrogen) atoms. The molecule has 0 fully saturated rings. The number of sulfonamides is 1. The molecule has 0 aliphatic heterocycles. The predicted octanol–water partition coefficient (Wildman–Crippen LogP) is 3.79. The van der Waals surface area contributed by atoms with Crippen molar-refractivity contribution < 1.29 is 31.1 Å². The average molecular weight is 583 g/mol. The van der Waals surface area contributed by atoms with Crippen LogP contribution in [0.3, 0.4) is 0 Å². The first-order valence-corrected chi connectivity index (χ1v) is 15.2. The van der Waals surface area contributed by atoms with Gasteiger partial charge in [0.25, 0.3) is 15.9 Å². The number of pyridine rings is 1. The van der Waals surface area contributed by atoms with Gasteiger partial charge in [0.05, 0.1) is 11.0 Å². The van der Waals surface area contributed by atoms with Crippen molar-refractivity contribution in [1.82, 2.24) is 29.3 Å². The van der Waals surface area contributed by atoms with Crippen molar-refractivity contribution in [2.24, 2.45) is 12.5 Å². The van der Waals surface area contributed by atoms with Crippen molar-refractivity contribution >= 4 is 37.6 Å². The number of ether oxygens (including phenoxy) is 1. The molecule has 1 N–H and O–H groups in total. The number of halogens is 4. The highest BCUT2D eigenvalue weighted by molar-refractivity contribution is 8.32. The van der Waals surface area contributed by atoms with E-state index in [1.807, 2.05) is 23.5 Å². The zero-order chi connectivity index (χ0) is 28.0. The molecular formula is C21H26ClF3N6O4S2. The Morgan fingerprint density at radius 3 is 2.35 bits per heavy atom. The summed E-state index contributed by atoms with van der Waals surface area (Å²) in [5.41, 5.74) is -2.29. The molecule has 3 aromatic rings. The summed E-state index contributed by atoms with van der Waals surface area (Å²) < 4.78 is 74.7. The first-order chi connectivity index (χ1) is 16.8. The number of aryl methyl sites for hydroxylation is 1. The van der Waals surface area contributed by atoms with Crippen LogP contribution in [-0.4, -0.2) is 70.4 Å². The van der Waals surface area contributed by atoms with Crippen LogP contribution in [-0.2, 0) is 17.1 Å². The fourth-order valence-electron chi connectivity index (χ4n) is 2.86. The Labute approximate surface area is 218 Å². The molecule has 0 unspecified atom stereocenters. The molecular weight excluding hydrogens is 557 g/mol. The van der Waals surface area contributed by atoms with E-state index >= 15 is 0 Å². The maximum Gasteiger partial charge on any atom is 0.397 e. The minimum atomic E-state index is -4.46. The summed E-state index contributed by atoms with van der Waals surface area (Å²) in [4.78, 5) is 16.7. The Hall–Kier alpha value is -2.78. The minimum Gasteiger partial charge on any atom is -0.476 e. The van der Waals surface area contributed by atoms with Crippen LogP contribution in [0.5, 0.6) is 5.88 Å². The second-order valence-electron chi connectivity index (χ2n) is 9.52. The molecule has 0 spiro atoms. The number of alkyl halides is 3. The van der Waals surface area contributed by atoms with E-state index in [1.54, 1.807) is 7.05 Å². The van der Waals surface area contributed by atoms with E-state index < -0.39 is 44.2 Å². The van der Waals surface area contributed by atoms with Crippen LogP contribution < -0.4 is 9.46 Å². The molecule has 3 heterocycles. The molecule has 204 valence electrons. The standard InChI is InChI=1S/C21H26ClF3N6O4S2/c1-20(2,21(23,24)25)12-35-16-9-10-31(27-16)15-8-7-13(17(22)26-15)18(32)29-37(33,34)14-11-30(3)28-19(14)36(4,5)6/h7-11H,12H2,1-6H3,(H,29,32). The van der Waals surface area contributed by atoms with E-state index in [2.05, 4.69) is 15.2 Å². The number of amides is 1. The van der Waals surface area contributed by atoms with Gasteiger partial charge in [-0.3, -0.25) is 9.48 Å². The lowest BCUT2D eigenvalue weighted by molar-refractivity contribution is -0.219. The number of nitrogens with one attached hydrogen (secondary N) is 1. The van der Waals surface area contributed by atoms with E-state index in [4.69, 9.17) is 16.3 Å². The van der Waals surface area contributed by atoms with Gasteiger partial charge in [0.15, 0.2) is 5.82 Å². The van der Waals surface area contributed by atoms with Crippen LogP contribution in [0, 0.1) is 5.41 Å². The molecule has 16 heteroatoms. The van der Waals surface area contributed by atoms with Gasteiger partial charge in [0.1, 0.15) is 21.7 Å². The van der Waals surface area contributed by atoms with Crippen LogP contribution in [0.15, 0.2) is 40.5 Å². The third-order valence-corrected chi connectivity index (χ3v) is 8.30. The normalized spacial score (nSPS) is 13.5. The van der Waals surface area contributed by atoms with Gasteiger partial charge in [-0.25, -0.2) is 32.8 Å². The van der Waals surface area contributed by atoms with Gasteiger partial charge in [0, 0.05) is 25.5 Å². The van der Waals surface area contributed by atoms with Crippen molar-refractivity contribution in [3.8, 4) is 11.7 Å². The summed E-state index contributed by atoms with van der Waals surface area (Å²) in [7, 11) is -4.22. The van der Waals surface area contributed by atoms with Gasteiger partial charge < -0.3 is 4.74 Å². The fourth-order valence-corrected chi connectivity index (χ4v) is 6.23. The van der Waals surface area contributed by atoms with Crippen LogP contribution in [0.4, 0.5) is 13.2 Å². The highest BCUT2D eigenvalue weighted by Gasteiger charge is 2.48. The molecule has 0 aliphatic rings. The van der Waals surface area contributed by atoms with E-state index in [1.165, 1.54) is 40.0 Å². The van der Waals surface area contributed by atoms with Crippen molar-refractivity contribution in [2.75, 3.05) is 25.4 Å². The summed E-state index contributed by atoms with van der Waals surface area (Å²) in [6, 6.07) is 3.94. The lowest BCUT2D eigenvalue weighted by Gasteiger charge is -2.26. The molecule has 0 atom stereocenters. The molecule has 0 saturated carbocycles. The van der Waals surface area contributed by atoms with Gasteiger partial charge >= 0.3 is 6.18 Å². The van der Waals surface area contributed by atoms with Crippen LogP contribution in [0.2, 0.25) is 5.15 Å². The Bertz CT molecular complexity index is 1430. The molecule has 0 saturated heterocycles. The number of hydrogen-bond acceptors (Lipinski definition) is 7. The Kier molecular flexibility index (Phi) is 7.65. The molecule has 0 aromatic carbocycles. The summed E-state index contributed by atoms with van der Waals surface area (Å²) in [6.07, 6.45) is 3.87. The number of nitrogens with zero attached hydrogens (tertiary/aromatic N) is 5. The quantitative estimate of drug-likeness (QED) is 0.401. The smallest absolute Gasteiger partial charge is 0.397 e. The summed E-state index contributed by atoms with van der Waals surface area (Å²) in [5, 5.41) is 8.31. The maximum absolute atomic E-state index is 13.0. The molecule has 1 amide bonds. The second kappa shape index (κ2) is 9.83. The van der Waals surface area contributed by atoms with Gasteiger partial charge in [0.2, 0.25) is 5.88 Å². The largest absolute Gasteiger partial charge is 0.476 e. The minimum absolute atomic E-state index is 0.0728. The summed E-state index contributed by atoms with van der Waals surface area (Å²) in [6.45, 7) is 1.37. The first kappa shape index (κ1) is 28.8. The topological polar surface area (TPSA) is 121 Å². The van der Waals surface area contributed by atoms with Crippen molar-refractivity contribution in [3.63, 3.8) is 0 Å². The Morgan fingerprint density at radius 2 is 1.78 bits per heavy atom. The Morgan fingerprint density at radius 1 is 1.14 bits per heavy atom. The zero-order valence-electron chi connectivity index (χ0n) is 20.8. The van der Waals surface area contributed by atoms with Crippen LogP contribution in [0.25, 0.3) is 5.82 Å². The van der Waals surface area contributed by atoms with Gasteiger partial charge in [-0.1, -0.05) is 11.6 Å². The average Bonchev–Trinajstić information content (AvgIpc) is 3.38. The van der Waals surface area contributed by atoms with Crippen LogP contribution >= 0.6 is 21.6 Å². The molecule has 3 aromatic heterocycles. The number of carbonyl (C=O) groups is 1. The van der Waals surface area contributed by atoms with Crippen LogP contribution in [0.1, 0.15) is 24.2 Å². The first-order valence-electron chi connectivity index (χ1n) is 10.5. The van der Waals surface area contributed by atoms with E-state index in [-0.39, 0.29) is 27.3 Å². The fraction of sp³-hybridized carbons (Fsp3) is 0.429. The van der Waals surface area contributed by atoms with Crippen molar-refractivity contribution in [1.29, 1.82) is 0 Å². The molecule has 0 aliphatic carbocycles. The number of aromatic nitrogens is 5. The zero-order valence-corrected chi connectivity index (χ0v) is 23.2. The highest BCUT2D eigenvalue weighted by atomic mass is 35.5. The highest BCUT2D eigenvalue weighted by Crippen LogP contribution is 2.47. The number of carbonyl (C=O) groups excluding carboxylic acids is 1. The monoisotopic (exact) mass is 582 g/mol. The van der Waals surface area contributed by atoms with E-state index in [0.29, 0.717) is 5.03 Å². The third-order valence-electron chi connectivity index (χ3n) is 5.09. The second-order valence-corrected chi connectivity index (χ2v) is 15.6. The van der Waals surface area contributed by atoms with Crippen molar-refractivity contribution in [3.05, 3.63) is 41.3 Å². The van der Waals surface area contributed by atoms with Gasteiger partial charge in [-0.05, 0) is 44.7 Å². The summed E-state index contributed by atoms with van der Waals surface area (Å²) in [5.74, 6) is -0.946. The number of rotatable bonds is 8. The lowest BCUT2D eigenvalue weighted by Crippen LogP contribution is -2.37. The molecule has 0 radical (unpaired) electrons. The molecule has 0 bridgehead atoms. The lowest BCUT2D eigenvalue weighted by atomic mass is 9.94. The summed E-state index contributed by atoms with van der Waals surface area (Å²) >= 11 is 6.16. The van der Waals surface area contributed by atoms with Crippen molar-refractivity contribution in [2.45, 2.75) is 29.9 Å². The Balaban J connectivity index is 1.78. The third kappa shape index (κ3) is 6.38. The SMILES string of the molecule is Cn1cc(S(=O)(=O)NC(=O)c2ccc(-n3ccc(OCC(C)(C)C(F)(F)F)n3)nc2Cl)c(S(C)(C)C)n1. The van der Waals surface area contributed by atoms with Gasteiger partial charge in [-0.2, -0.15) is 18.3 Å². The molecule has 3 rings (SSSR count). The molecule has 10 nitrogen and oxygen atoms in total. The number of hydrogen-bond donors (Lipinski definition) is 1. The van der Waals surface area contributed by atoms with E-state index in [9.17, 15) is 26.4 Å². The van der Waals surface area contributed by atoms with Gasteiger partial charge in [-0.15, -0.1) is 5.10 Å². The predicted molar refractivity (Wildman–Crippen MR) is 133 cm³/mol. The maximum atomic E-state index is 13.0. The van der Waals surface area contributed by atoms with E-state index in [0.717, 1.165) is 13.8 Å².